The van der Waals surface area contributed by atoms with Gasteiger partial charge in [-0.2, -0.15) is 5.10 Å². The summed E-state index contributed by atoms with van der Waals surface area (Å²) in [4.78, 5) is 14.5. The molecule has 1 atom stereocenters. The van der Waals surface area contributed by atoms with Gasteiger partial charge in [0.05, 0.1) is 24.9 Å². The molecule has 0 radical (unpaired) electrons. The maximum Gasteiger partial charge on any atom is 0.234 e. The first kappa shape index (κ1) is 16.0. The largest absolute Gasteiger partial charge is 0.382 e. The fraction of sp³-hybridized carbons (Fsp3) is 0.733. The van der Waals surface area contributed by atoms with Gasteiger partial charge in [0.25, 0.3) is 0 Å². The number of carbonyl (C=O) groups excluding carboxylic acids is 1. The van der Waals surface area contributed by atoms with E-state index in [0.29, 0.717) is 13.2 Å². The normalized spacial score (nSPS) is 18.2. The Kier molecular flexibility index (Phi) is 6.20. The third-order valence-corrected chi connectivity index (χ3v) is 3.95. The third-order valence-electron chi connectivity index (χ3n) is 3.95. The SMILES string of the molecule is COC[C@@H](NC(=O)CN1CCCCCC1)c1ccnn1C. The van der Waals surface area contributed by atoms with Crippen molar-refractivity contribution >= 4 is 5.91 Å². The molecule has 1 saturated heterocycles. The number of ether oxygens (including phenoxy) is 1. The highest BCUT2D eigenvalue weighted by Gasteiger charge is 2.19. The van der Waals surface area contributed by atoms with Crippen molar-refractivity contribution in [3.8, 4) is 0 Å². The monoisotopic (exact) mass is 294 g/mol. The van der Waals surface area contributed by atoms with Crippen LogP contribution in [0.25, 0.3) is 0 Å². The zero-order valence-electron chi connectivity index (χ0n) is 13.0. The van der Waals surface area contributed by atoms with Crippen molar-refractivity contribution < 1.29 is 9.53 Å². The second-order valence-electron chi connectivity index (χ2n) is 5.65. The van der Waals surface area contributed by atoms with E-state index >= 15 is 0 Å². The lowest BCUT2D eigenvalue weighted by Crippen LogP contribution is -2.40. The van der Waals surface area contributed by atoms with Gasteiger partial charge in [0.2, 0.25) is 5.91 Å². The molecule has 0 bridgehead atoms. The Morgan fingerprint density at radius 1 is 1.38 bits per heavy atom. The van der Waals surface area contributed by atoms with Gasteiger partial charge in [0.1, 0.15) is 0 Å². The highest BCUT2D eigenvalue weighted by atomic mass is 16.5. The zero-order chi connectivity index (χ0) is 15.1. The summed E-state index contributed by atoms with van der Waals surface area (Å²) in [6.45, 7) is 2.96. The van der Waals surface area contributed by atoms with Crippen LogP contribution in [0, 0.1) is 0 Å². The van der Waals surface area contributed by atoms with E-state index in [1.54, 1.807) is 18.0 Å². The molecule has 2 heterocycles. The second kappa shape index (κ2) is 8.14. The quantitative estimate of drug-likeness (QED) is 0.853. The van der Waals surface area contributed by atoms with Crippen LogP contribution >= 0.6 is 0 Å². The van der Waals surface area contributed by atoms with E-state index in [-0.39, 0.29) is 11.9 Å². The van der Waals surface area contributed by atoms with Gasteiger partial charge in [0, 0.05) is 20.4 Å². The Hall–Kier alpha value is -1.40. The number of nitrogens with one attached hydrogen (secondary N) is 1. The van der Waals surface area contributed by atoms with Crippen molar-refractivity contribution in [1.82, 2.24) is 20.0 Å². The van der Waals surface area contributed by atoms with E-state index in [9.17, 15) is 4.79 Å². The molecule has 6 nitrogen and oxygen atoms in total. The molecule has 118 valence electrons. The Bertz CT molecular complexity index is 439. The van der Waals surface area contributed by atoms with Crippen LogP contribution in [0.3, 0.4) is 0 Å². The van der Waals surface area contributed by atoms with Crippen molar-refractivity contribution in [2.75, 3.05) is 33.4 Å². The van der Waals surface area contributed by atoms with E-state index in [0.717, 1.165) is 18.8 Å². The number of rotatable bonds is 6. The minimum Gasteiger partial charge on any atom is -0.382 e. The van der Waals surface area contributed by atoms with Crippen LogP contribution in [-0.4, -0.2) is 53.9 Å². The molecule has 6 heteroatoms. The van der Waals surface area contributed by atoms with Crippen LogP contribution < -0.4 is 5.32 Å². The number of methoxy groups -OCH3 is 1. The van der Waals surface area contributed by atoms with Gasteiger partial charge >= 0.3 is 0 Å². The Morgan fingerprint density at radius 2 is 2.10 bits per heavy atom. The fourth-order valence-electron chi connectivity index (χ4n) is 2.83. The van der Waals surface area contributed by atoms with Gasteiger partial charge in [-0.1, -0.05) is 12.8 Å². The molecular weight excluding hydrogens is 268 g/mol. The Morgan fingerprint density at radius 3 is 2.67 bits per heavy atom. The Balaban J connectivity index is 1.90. The fourth-order valence-corrected chi connectivity index (χ4v) is 2.83. The first-order valence-corrected chi connectivity index (χ1v) is 7.69. The smallest absolute Gasteiger partial charge is 0.234 e. The number of likely N-dealkylation sites (tertiary alicyclic amines) is 1. The summed E-state index contributed by atoms with van der Waals surface area (Å²) >= 11 is 0. The molecule has 1 aromatic rings. The van der Waals surface area contributed by atoms with Crippen LogP contribution in [-0.2, 0) is 16.6 Å². The van der Waals surface area contributed by atoms with E-state index in [1.807, 2.05) is 13.1 Å². The molecule has 2 rings (SSSR count). The summed E-state index contributed by atoms with van der Waals surface area (Å²) in [5, 5.41) is 7.22. The van der Waals surface area contributed by atoms with E-state index in [4.69, 9.17) is 4.74 Å². The third kappa shape index (κ3) is 4.82. The summed E-state index contributed by atoms with van der Waals surface area (Å²) in [6, 6.07) is 1.76. The predicted molar refractivity (Wildman–Crippen MR) is 80.9 cm³/mol. The number of aromatic nitrogens is 2. The van der Waals surface area contributed by atoms with E-state index < -0.39 is 0 Å². The van der Waals surface area contributed by atoms with Crippen LogP contribution in [0.5, 0.6) is 0 Å². The minimum absolute atomic E-state index is 0.0557. The number of amides is 1. The number of nitrogens with zero attached hydrogens (tertiary/aromatic N) is 3. The molecule has 1 amide bonds. The molecule has 1 aliphatic rings. The van der Waals surface area contributed by atoms with E-state index in [2.05, 4.69) is 15.3 Å². The summed E-state index contributed by atoms with van der Waals surface area (Å²) < 4.78 is 7.00. The molecule has 1 aromatic heterocycles. The lowest BCUT2D eigenvalue weighted by Gasteiger charge is -2.22. The average Bonchev–Trinajstić information content (AvgIpc) is 2.71. The van der Waals surface area contributed by atoms with Crippen molar-refractivity contribution in [1.29, 1.82) is 0 Å². The highest BCUT2D eigenvalue weighted by Crippen LogP contribution is 2.13. The zero-order valence-corrected chi connectivity index (χ0v) is 13.0. The molecule has 21 heavy (non-hydrogen) atoms. The lowest BCUT2D eigenvalue weighted by atomic mass is 10.2. The topological polar surface area (TPSA) is 59.4 Å². The predicted octanol–water partition coefficient (Wildman–Crippen LogP) is 1.10. The molecule has 0 spiro atoms. The maximum atomic E-state index is 12.3. The standard InChI is InChI=1S/C15H26N4O2/c1-18-14(7-8-16-18)13(12-21-2)17-15(20)11-19-9-5-3-4-6-10-19/h7-8,13H,3-6,9-12H2,1-2H3,(H,17,20)/t13-/m1/s1. The van der Waals surface area contributed by atoms with E-state index in [1.165, 1.54) is 25.7 Å². The summed E-state index contributed by atoms with van der Waals surface area (Å²) in [7, 11) is 3.52. The summed E-state index contributed by atoms with van der Waals surface area (Å²) in [6.07, 6.45) is 6.67. The van der Waals surface area contributed by atoms with Gasteiger partial charge in [0.15, 0.2) is 0 Å². The average molecular weight is 294 g/mol. The molecule has 1 aliphatic heterocycles. The van der Waals surface area contributed by atoms with Crippen molar-refractivity contribution in [2.45, 2.75) is 31.7 Å². The molecule has 0 saturated carbocycles. The molecule has 0 unspecified atom stereocenters. The van der Waals surface area contributed by atoms with Crippen molar-refractivity contribution in [3.05, 3.63) is 18.0 Å². The van der Waals surface area contributed by atoms with Gasteiger partial charge in [-0.3, -0.25) is 14.4 Å². The van der Waals surface area contributed by atoms with Crippen molar-refractivity contribution in [2.24, 2.45) is 7.05 Å². The maximum absolute atomic E-state index is 12.3. The van der Waals surface area contributed by atoms with Crippen molar-refractivity contribution in [3.63, 3.8) is 0 Å². The number of hydrogen-bond acceptors (Lipinski definition) is 4. The second-order valence-corrected chi connectivity index (χ2v) is 5.65. The number of carbonyl (C=O) groups is 1. The minimum atomic E-state index is -0.151. The first-order chi connectivity index (χ1) is 10.2. The number of hydrogen-bond donors (Lipinski definition) is 1. The van der Waals surface area contributed by atoms with Crippen LogP contribution in [0.15, 0.2) is 12.3 Å². The van der Waals surface area contributed by atoms with Crippen LogP contribution in [0.4, 0.5) is 0 Å². The lowest BCUT2D eigenvalue weighted by molar-refractivity contribution is -0.123. The molecule has 0 aliphatic carbocycles. The van der Waals surface area contributed by atoms with Gasteiger partial charge in [-0.05, 0) is 32.0 Å². The van der Waals surface area contributed by atoms with Gasteiger partial charge < -0.3 is 10.1 Å². The first-order valence-electron chi connectivity index (χ1n) is 7.69. The summed E-state index contributed by atoms with van der Waals surface area (Å²) in [5.41, 5.74) is 0.959. The van der Waals surface area contributed by atoms with Crippen LogP contribution in [0.2, 0.25) is 0 Å². The summed E-state index contributed by atoms with van der Waals surface area (Å²) in [5.74, 6) is 0.0557. The molecule has 1 fully saturated rings. The van der Waals surface area contributed by atoms with Gasteiger partial charge in [-0.25, -0.2) is 0 Å². The number of aryl methyl sites for hydroxylation is 1. The van der Waals surface area contributed by atoms with Crippen LogP contribution in [0.1, 0.15) is 37.4 Å². The Labute approximate surface area is 126 Å². The molecular formula is C15H26N4O2. The molecule has 1 N–H and O–H groups in total. The van der Waals surface area contributed by atoms with Gasteiger partial charge in [-0.15, -0.1) is 0 Å². The highest BCUT2D eigenvalue weighted by molar-refractivity contribution is 5.78. The molecule has 0 aromatic carbocycles.